The monoisotopic (exact) mass is 217 g/mol. The van der Waals surface area contributed by atoms with Crippen molar-refractivity contribution in [1.29, 1.82) is 0 Å². The number of carboxylic acid groups (broad SMARTS) is 1. The van der Waals surface area contributed by atoms with E-state index in [1.54, 1.807) is 24.5 Å². The Kier molecular flexibility index (Phi) is 2.81. The molecule has 1 aromatic rings. The van der Waals surface area contributed by atoms with Crippen molar-refractivity contribution in [3.8, 4) is 0 Å². The molecule has 0 radical (unpaired) electrons. The summed E-state index contributed by atoms with van der Waals surface area (Å²) in [6.45, 7) is 0. The van der Waals surface area contributed by atoms with Crippen LogP contribution in [0.2, 0.25) is 0 Å². The Balaban J connectivity index is 2.42. The topological polar surface area (TPSA) is 67.3 Å². The highest BCUT2D eigenvalue weighted by Crippen LogP contribution is 2.31. The number of rotatable bonds is 2. The van der Waals surface area contributed by atoms with Gasteiger partial charge in [-0.05, 0) is 35.8 Å². The zero-order chi connectivity index (χ0) is 11.5. The summed E-state index contributed by atoms with van der Waals surface area (Å²) in [5, 5.41) is 9.09. The molecular formula is C12H11NO3. The Morgan fingerprint density at radius 1 is 1.38 bits per heavy atom. The molecule has 0 bridgehead atoms. The van der Waals surface area contributed by atoms with E-state index in [9.17, 15) is 9.59 Å². The van der Waals surface area contributed by atoms with Crippen LogP contribution in [0.25, 0.3) is 5.57 Å². The number of hydrogen-bond acceptors (Lipinski definition) is 3. The molecule has 1 N–H and O–H groups in total. The summed E-state index contributed by atoms with van der Waals surface area (Å²) >= 11 is 0. The quantitative estimate of drug-likeness (QED) is 0.815. The van der Waals surface area contributed by atoms with E-state index in [1.807, 2.05) is 0 Å². The highest BCUT2D eigenvalue weighted by Gasteiger charge is 2.28. The van der Waals surface area contributed by atoms with Crippen molar-refractivity contribution >= 4 is 17.3 Å². The summed E-state index contributed by atoms with van der Waals surface area (Å²) in [6, 6.07) is 3.45. The molecule has 0 saturated carbocycles. The molecule has 82 valence electrons. The summed E-state index contributed by atoms with van der Waals surface area (Å²) in [7, 11) is 0. The molecule has 1 unspecified atom stereocenters. The van der Waals surface area contributed by atoms with Crippen molar-refractivity contribution in [1.82, 2.24) is 4.98 Å². The third-order valence-electron chi connectivity index (χ3n) is 2.68. The molecule has 0 saturated heterocycles. The van der Waals surface area contributed by atoms with E-state index in [1.165, 1.54) is 6.08 Å². The predicted octanol–water partition coefficient (Wildman–Crippen LogP) is 1.53. The minimum absolute atomic E-state index is 0.00990. The number of carbonyl (C=O) groups is 2. The van der Waals surface area contributed by atoms with Crippen LogP contribution in [0, 0.1) is 5.92 Å². The van der Waals surface area contributed by atoms with Crippen LogP contribution < -0.4 is 0 Å². The van der Waals surface area contributed by atoms with E-state index in [-0.39, 0.29) is 5.78 Å². The van der Waals surface area contributed by atoms with Gasteiger partial charge < -0.3 is 5.11 Å². The summed E-state index contributed by atoms with van der Waals surface area (Å²) in [6.07, 6.45) is 5.31. The van der Waals surface area contributed by atoms with Gasteiger partial charge in [0.1, 0.15) is 0 Å². The molecule has 4 nitrogen and oxygen atoms in total. The van der Waals surface area contributed by atoms with Gasteiger partial charge in [0.05, 0.1) is 5.92 Å². The first-order valence-corrected chi connectivity index (χ1v) is 5.06. The molecule has 4 heteroatoms. The van der Waals surface area contributed by atoms with E-state index in [0.29, 0.717) is 18.4 Å². The van der Waals surface area contributed by atoms with E-state index in [0.717, 1.165) is 5.56 Å². The van der Waals surface area contributed by atoms with Crippen molar-refractivity contribution in [3.63, 3.8) is 0 Å². The summed E-state index contributed by atoms with van der Waals surface area (Å²) in [5.74, 6) is -1.47. The molecule has 1 aliphatic carbocycles. The maximum Gasteiger partial charge on any atom is 0.311 e. The second kappa shape index (κ2) is 4.26. The lowest BCUT2D eigenvalue weighted by molar-refractivity contribution is -0.140. The lowest BCUT2D eigenvalue weighted by Crippen LogP contribution is -2.21. The van der Waals surface area contributed by atoms with Crippen LogP contribution in [-0.2, 0) is 9.59 Å². The zero-order valence-corrected chi connectivity index (χ0v) is 8.59. The normalized spacial score (nSPS) is 20.4. The fourth-order valence-electron chi connectivity index (χ4n) is 1.87. The van der Waals surface area contributed by atoms with Gasteiger partial charge >= 0.3 is 5.97 Å². The molecule has 16 heavy (non-hydrogen) atoms. The van der Waals surface area contributed by atoms with Crippen LogP contribution in [0.5, 0.6) is 0 Å². The molecule has 1 aromatic heterocycles. The van der Waals surface area contributed by atoms with Crippen LogP contribution in [-0.4, -0.2) is 21.8 Å². The molecular weight excluding hydrogens is 206 g/mol. The van der Waals surface area contributed by atoms with Crippen molar-refractivity contribution < 1.29 is 14.7 Å². The van der Waals surface area contributed by atoms with Gasteiger partial charge in [0.15, 0.2) is 5.78 Å². The van der Waals surface area contributed by atoms with Crippen molar-refractivity contribution in [2.75, 3.05) is 0 Å². The number of pyridine rings is 1. The van der Waals surface area contributed by atoms with Gasteiger partial charge in [0.2, 0.25) is 0 Å². The van der Waals surface area contributed by atoms with Gasteiger partial charge in [0, 0.05) is 18.8 Å². The van der Waals surface area contributed by atoms with Crippen molar-refractivity contribution in [3.05, 3.63) is 36.2 Å². The Hall–Kier alpha value is -1.97. The number of carbonyl (C=O) groups excluding carboxylic acids is 1. The number of ketones is 1. The number of aliphatic carboxylic acids is 1. The molecule has 0 aliphatic heterocycles. The first-order chi connectivity index (χ1) is 7.68. The first kappa shape index (κ1) is 10.5. The van der Waals surface area contributed by atoms with Crippen molar-refractivity contribution in [2.45, 2.75) is 12.8 Å². The Morgan fingerprint density at radius 3 is 2.69 bits per heavy atom. The number of hydrogen-bond donors (Lipinski definition) is 1. The molecule has 0 amide bonds. The fourth-order valence-corrected chi connectivity index (χ4v) is 1.87. The summed E-state index contributed by atoms with van der Waals surface area (Å²) in [4.78, 5) is 26.3. The fraction of sp³-hybridized carbons (Fsp3) is 0.250. The Labute approximate surface area is 92.6 Å². The van der Waals surface area contributed by atoms with Crippen LogP contribution in [0.4, 0.5) is 0 Å². The number of aromatic nitrogens is 1. The maximum atomic E-state index is 11.3. The average Bonchev–Trinajstić information content (AvgIpc) is 2.29. The minimum Gasteiger partial charge on any atom is -0.481 e. The van der Waals surface area contributed by atoms with E-state index in [4.69, 9.17) is 5.11 Å². The highest BCUT2D eigenvalue weighted by atomic mass is 16.4. The second-order valence-electron chi connectivity index (χ2n) is 3.73. The third kappa shape index (κ3) is 2.00. The molecule has 2 rings (SSSR count). The van der Waals surface area contributed by atoms with Gasteiger partial charge in [-0.25, -0.2) is 0 Å². The van der Waals surface area contributed by atoms with E-state index < -0.39 is 11.9 Å². The Morgan fingerprint density at radius 2 is 2.06 bits per heavy atom. The lowest BCUT2D eigenvalue weighted by Gasteiger charge is -2.20. The van der Waals surface area contributed by atoms with Crippen LogP contribution in [0.1, 0.15) is 18.4 Å². The number of nitrogens with zero attached hydrogens (tertiary/aromatic N) is 1. The summed E-state index contributed by atoms with van der Waals surface area (Å²) < 4.78 is 0. The zero-order valence-electron chi connectivity index (χ0n) is 8.59. The van der Waals surface area contributed by atoms with Crippen molar-refractivity contribution in [2.24, 2.45) is 5.92 Å². The second-order valence-corrected chi connectivity index (χ2v) is 3.73. The van der Waals surface area contributed by atoms with E-state index >= 15 is 0 Å². The molecule has 0 aromatic carbocycles. The molecule has 0 fully saturated rings. The molecule has 1 atom stereocenters. The SMILES string of the molecule is O=C1C=C(c2ccncc2)C(C(=O)O)CC1. The van der Waals surface area contributed by atoms with Crippen LogP contribution in [0.15, 0.2) is 30.6 Å². The van der Waals surface area contributed by atoms with E-state index in [2.05, 4.69) is 4.98 Å². The van der Waals surface area contributed by atoms with Gasteiger partial charge in [-0.15, -0.1) is 0 Å². The smallest absolute Gasteiger partial charge is 0.311 e. The molecule has 0 spiro atoms. The average molecular weight is 217 g/mol. The predicted molar refractivity (Wildman–Crippen MR) is 57.6 cm³/mol. The maximum absolute atomic E-state index is 11.3. The van der Waals surface area contributed by atoms with Gasteiger partial charge in [0.25, 0.3) is 0 Å². The highest BCUT2D eigenvalue weighted by molar-refractivity contribution is 6.03. The van der Waals surface area contributed by atoms with Gasteiger partial charge in [-0.3, -0.25) is 14.6 Å². The largest absolute Gasteiger partial charge is 0.481 e. The first-order valence-electron chi connectivity index (χ1n) is 5.06. The lowest BCUT2D eigenvalue weighted by atomic mass is 9.83. The molecule has 1 heterocycles. The van der Waals surface area contributed by atoms with Gasteiger partial charge in [-0.2, -0.15) is 0 Å². The number of carboxylic acids is 1. The standard InChI is InChI=1S/C12H11NO3/c14-9-1-2-10(12(15)16)11(7-9)8-3-5-13-6-4-8/h3-7,10H,1-2H2,(H,15,16). The number of allylic oxidation sites excluding steroid dienone is 1. The Bertz CT molecular complexity index is 451. The van der Waals surface area contributed by atoms with Gasteiger partial charge in [-0.1, -0.05) is 0 Å². The molecule has 1 aliphatic rings. The van der Waals surface area contributed by atoms with Crippen LogP contribution in [0.3, 0.4) is 0 Å². The summed E-state index contributed by atoms with van der Waals surface area (Å²) in [5.41, 5.74) is 1.35. The minimum atomic E-state index is -0.879. The third-order valence-corrected chi connectivity index (χ3v) is 2.68. The van der Waals surface area contributed by atoms with Crippen LogP contribution >= 0.6 is 0 Å².